The van der Waals surface area contributed by atoms with Gasteiger partial charge in [0, 0.05) is 17.4 Å². The van der Waals surface area contributed by atoms with Gasteiger partial charge in [-0.25, -0.2) is 9.97 Å². The fourth-order valence-corrected chi connectivity index (χ4v) is 2.64. The highest BCUT2D eigenvalue weighted by Crippen LogP contribution is 2.27. The Balaban J connectivity index is 1.52. The highest BCUT2D eigenvalue weighted by molar-refractivity contribution is 6.35. The summed E-state index contributed by atoms with van der Waals surface area (Å²) in [5.41, 5.74) is 16.3. The van der Waals surface area contributed by atoms with E-state index in [4.69, 9.17) is 33.7 Å². The van der Waals surface area contributed by atoms with Crippen LogP contribution in [0.2, 0.25) is 10.0 Å². The van der Waals surface area contributed by atoms with Gasteiger partial charge in [0.1, 0.15) is 17.8 Å². The maximum absolute atomic E-state index is 12.1. The summed E-state index contributed by atoms with van der Waals surface area (Å²) in [5.74, 6) is -0.437. The van der Waals surface area contributed by atoms with Crippen molar-refractivity contribution in [3.8, 4) is 5.75 Å². The molecule has 3 rings (SSSR count). The van der Waals surface area contributed by atoms with Crippen molar-refractivity contribution in [3.05, 3.63) is 64.7 Å². The van der Waals surface area contributed by atoms with Gasteiger partial charge in [-0.1, -0.05) is 23.2 Å². The molecule has 13 heteroatoms. The van der Waals surface area contributed by atoms with Crippen LogP contribution in [-0.4, -0.2) is 33.4 Å². The van der Waals surface area contributed by atoms with E-state index in [1.54, 1.807) is 30.5 Å². The van der Waals surface area contributed by atoms with Gasteiger partial charge in [0.25, 0.3) is 11.8 Å². The van der Waals surface area contributed by atoms with E-state index in [1.807, 2.05) is 0 Å². The predicted octanol–water partition coefficient (Wildman–Crippen LogP) is 2.04. The first-order chi connectivity index (χ1) is 14.9. The van der Waals surface area contributed by atoms with Crippen molar-refractivity contribution in [2.75, 3.05) is 23.2 Å². The van der Waals surface area contributed by atoms with E-state index in [0.717, 1.165) is 0 Å². The number of nitrogens with one attached hydrogen (secondary N) is 4. The molecule has 0 saturated carbocycles. The van der Waals surface area contributed by atoms with Gasteiger partial charge >= 0.3 is 0 Å². The van der Waals surface area contributed by atoms with E-state index < -0.39 is 11.8 Å². The summed E-state index contributed by atoms with van der Waals surface area (Å²) in [4.78, 5) is 35.8. The molecule has 0 radical (unpaired) electrons. The summed E-state index contributed by atoms with van der Waals surface area (Å²) >= 11 is 11.8. The Morgan fingerprint density at radius 3 is 2.48 bits per heavy atom. The van der Waals surface area contributed by atoms with Gasteiger partial charge in [-0.05, 0) is 30.3 Å². The third kappa shape index (κ3) is 6.07. The molecule has 6 N–H and O–H groups in total. The first-order valence-corrected chi connectivity index (χ1v) is 9.39. The highest BCUT2D eigenvalue weighted by Gasteiger charge is 2.12. The van der Waals surface area contributed by atoms with Crippen LogP contribution in [0.5, 0.6) is 5.75 Å². The number of benzene rings is 1. The summed E-state index contributed by atoms with van der Waals surface area (Å²) in [6, 6.07) is 7.85. The first kappa shape index (κ1) is 21.9. The summed E-state index contributed by atoms with van der Waals surface area (Å²) in [6.45, 7) is -0.328. The molecule has 31 heavy (non-hydrogen) atoms. The first-order valence-electron chi connectivity index (χ1n) is 8.63. The molecule has 2 aromatic heterocycles. The van der Waals surface area contributed by atoms with Crippen LogP contribution in [0.3, 0.4) is 0 Å². The molecule has 2 heterocycles. The number of amides is 2. The van der Waals surface area contributed by atoms with Crippen molar-refractivity contribution in [3.63, 3.8) is 0 Å². The van der Waals surface area contributed by atoms with Gasteiger partial charge in [-0.15, -0.1) is 0 Å². The Hall–Kier alpha value is -3.83. The van der Waals surface area contributed by atoms with Crippen LogP contribution in [0.4, 0.5) is 17.3 Å². The largest absolute Gasteiger partial charge is 0.482 e. The molecule has 160 valence electrons. The number of hydrogen-bond donors (Lipinski definition) is 5. The lowest BCUT2D eigenvalue weighted by atomic mass is 10.3. The molecule has 0 unspecified atom stereocenters. The zero-order chi connectivity index (χ0) is 22.2. The molecule has 11 nitrogen and oxygen atoms in total. The van der Waals surface area contributed by atoms with Gasteiger partial charge in [-0.2, -0.15) is 0 Å². The molecule has 0 aliphatic heterocycles. The summed E-state index contributed by atoms with van der Waals surface area (Å²) < 4.78 is 5.33. The Bertz CT molecular complexity index is 1080. The van der Waals surface area contributed by atoms with E-state index in [0.29, 0.717) is 16.3 Å². The van der Waals surface area contributed by atoms with Crippen LogP contribution < -0.4 is 32.2 Å². The van der Waals surface area contributed by atoms with Gasteiger partial charge in [0.2, 0.25) is 0 Å². The number of hydrogen-bond acceptors (Lipinski definition) is 9. The van der Waals surface area contributed by atoms with Crippen LogP contribution in [0.1, 0.15) is 10.4 Å². The van der Waals surface area contributed by atoms with Crippen LogP contribution in [-0.2, 0) is 4.79 Å². The lowest BCUT2D eigenvalue weighted by Gasteiger charge is -2.14. The molecule has 0 aliphatic carbocycles. The third-order valence-electron chi connectivity index (χ3n) is 3.68. The number of anilines is 3. The van der Waals surface area contributed by atoms with Gasteiger partial charge in [0.05, 0.1) is 10.6 Å². The zero-order valence-electron chi connectivity index (χ0n) is 15.7. The Morgan fingerprint density at radius 1 is 1.06 bits per heavy atom. The van der Waals surface area contributed by atoms with Crippen molar-refractivity contribution >= 4 is 52.3 Å². The van der Waals surface area contributed by atoms with Crippen molar-refractivity contribution < 1.29 is 14.3 Å². The predicted molar refractivity (Wildman–Crippen MR) is 115 cm³/mol. The number of carbonyl (C=O) groups is 2. The van der Waals surface area contributed by atoms with Crippen molar-refractivity contribution in [1.82, 2.24) is 25.8 Å². The molecule has 0 fully saturated rings. The minimum atomic E-state index is -0.525. The van der Waals surface area contributed by atoms with E-state index >= 15 is 0 Å². The van der Waals surface area contributed by atoms with Crippen LogP contribution >= 0.6 is 23.2 Å². The number of nitrogens with two attached hydrogens (primary N) is 1. The number of carbonyl (C=O) groups excluding carboxylic acids is 2. The number of nitrogens with zero attached hydrogens (tertiary/aromatic N) is 3. The van der Waals surface area contributed by atoms with E-state index in [-0.39, 0.29) is 29.0 Å². The van der Waals surface area contributed by atoms with Crippen LogP contribution in [0.25, 0.3) is 0 Å². The number of aromatic nitrogens is 3. The molecule has 0 bridgehead atoms. The molecule has 1 aromatic carbocycles. The maximum atomic E-state index is 12.1. The number of ether oxygens (including phenoxy) is 1. The topological polar surface area (TPSA) is 156 Å². The summed E-state index contributed by atoms with van der Waals surface area (Å²) in [7, 11) is 0. The van der Waals surface area contributed by atoms with Crippen molar-refractivity contribution in [2.45, 2.75) is 0 Å². The lowest BCUT2D eigenvalue weighted by Crippen LogP contribution is -2.35. The Kier molecular flexibility index (Phi) is 7.25. The highest BCUT2D eigenvalue weighted by atomic mass is 35.5. The van der Waals surface area contributed by atoms with Crippen LogP contribution in [0.15, 0.2) is 49.1 Å². The normalized spacial score (nSPS) is 10.1. The number of halogens is 2. The van der Waals surface area contributed by atoms with Crippen molar-refractivity contribution in [1.29, 1.82) is 0 Å². The second-order valence-corrected chi connectivity index (χ2v) is 6.69. The second-order valence-electron chi connectivity index (χ2n) is 5.84. The average molecular weight is 463 g/mol. The minimum absolute atomic E-state index is 0.0518. The number of hydrazine groups is 2. The molecule has 0 spiro atoms. The van der Waals surface area contributed by atoms with Gasteiger partial charge < -0.3 is 10.5 Å². The van der Waals surface area contributed by atoms with Gasteiger partial charge in [0.15, 0.2) is 18.2 Å². The Morgan fingerprint density at radius 2 is 1.81 bits per heavy atom. The quantitative estimate of drug-likeness (QED) is 0.316. The second kappa shape index (κ2) is 10.3. The number of rotatable bonds is 8. The van der Waals surface area contributed by atoms with E-state index in [2.05, 4.69) is 36.7 Å². The average Bonchev–Trinajstić information content (AvgIpc) is 2.77. The molecular formula is C18H16Cl2N8O3. The molecule has 3 aromatic rings. The Labute approximate surface area is 186 Å². The van der Waals surface area contributed by atoms with E-state index in [9.17, 15) is 9.59 Å². The summed E-state index contributed by atoms with van der Waals surface area (Å²) in [6.07, 6.45) is 4.14. The summed E-state index contributed by atoms with van der Waals surface area (Å²) in [5, 5.41) is 0.723. The molecule has 2 amide bonds. The molecule has 0 atom stereocenters. The zero-order valence-corrected chi connectivity index (χ0v) is 17.2. The minimum Gasteiger partial charge on any atom is -0.482 e. The van der Waals surface area contributed by atoms with Gasteiger partial charge in [-0.3, -0.25) is 36.3 Å². The lowest BCUT2D eigenvalue weighted by molar-refractivity contribution is -0.122. The number of nitrogen functional groups attached to an aromatic ring is 1. The fourth-order valence-electron chi connectivity index (χ4n) is 2.18. The fraction of sp³-hybridized carbons (Fsp3) is 0.0556. The molecule has 0 saturated heterocycles. The van der Waals surface area contributed by atoms with Crippen molar-refractivity contribution in [2.24, 2.45) is 0 Å². The SMILES string of the molecule is Nc1c(NNC(=O)COc2ccc(Cl)cc2Cl)ncnc1NNC(=O)c1cccnc1. The monoisotopic (exact) mass is 462 g/mol. The van der Waals surface area contributed by atoms with E-state index in [1.165, 1.54) is 18.6 Å². The molecular weight excluding hydrogens is 447 g/mol. The number of pyridine rings is 1. The standard InChI is InChI=1S/C18H16Cl2N8O3/c19-11-3-4-13(12(20)6-11)31-8-14(29)25-26-16-15(21)17(24-9-23-16)27-28-18(30)10-2-1-5-22-7-10/h1-7,9H,8,21H2,(H,25,29)(H,28,30)(H2,23,24,26,27). The third-order valence-corrected chi connectivity index (χ3v) is 4.21. The molecule has 0 aliphatic rings. The van der Waals surface area contributed by atoms with Crippen LogP contribution in [0, 0.1) is 0 Å². The maximum Gasteiger partial charge on any atom is 0.276 e. The smallest absolute Gasteiger partial charge is 0.276 e.